The van der Waals surface area contributed by atoms with E-state index in [4.69, 9.17) is 0 Å². The van der Waals surface area contributed by atoms with Gasteiger partial charge in [0.1, 0.15) is 6.17 Å². The number of hydrogen-bond acceptors (Lipinski definition) is 2. The molecule has 1 N–H and O–H groups in total. The molecule has 0 unspecified atom stereocenters. The van der Waals surface area contributed by atoms with Crippen molar-refractivity contribution in [3.63, 3.8) is 0 Å². The summed E-state index contributed by atoms with van der Waals surface area (Å²) in [5, 5.41) is 3.29. The Balaban J connectivity index is 1.84. The lowest BCUT2D eigenvalue weighted by molar-refractivity contribution is 0.126. The normalized spacial score (nSPS) is 48.0. The molecule has 0 aromatic rings. The standard InChI is InChI=1S/C13H23FN2/c1-15-9-13-6-10-4-2-3-5-12(10)16(13)8-11(14)7-13/h10-12,15H,2-9H2,1H3/t10-,11-,12-,13-/m1/s1. The molecular formula is C13H23FN2. The van der Waals surface area contributed by atoms with Crippen LogP contribution in [0.4, 0.5) is 4.39 Å². The molecule has 16 heavy (non-hydrogen) atoms. The summed E-state index contributed by atoms with van der Waals surface area (Å²) >= 11 is 0. The highest BCUT2D eigenvalue weighted by Crippen LogP contribution is 2.50. The molecule has 0 radical (unpaired) electrons. The molecular weight excluding hydrogens is 203 g/mol. The molecule has 0 amide bonds. The van der Waals surface area contributed by atoms with Crippen molar-refractivity contribution in [2.45, 2.75) is 56.3 Å². The van der Waals surface area contributed by atoms with Gasteiger partial charge in [0.15, 0.2) is 0 Å². The minimum Gasteiger partial charge on any atom is -0.318 e. The fraction of sp³-hybridized carbons (Fsp3) is 1.00. The van der Waals surface area contributed by atoms with Crippen LogP contribution in [0.1, 0.15) is 38.5 Å². The number of alkyl halides is 1. The number of nitrogens with one attached hydrogen (secondary N) is 1. The van der Waals surface area contributed by atoms with Crippen molar-refractivity contribution in [3.05, 3.63) is 0 Å². The maximum absolute atomic E-state index is 13.7. The third-order valence-electron chi connectivity index (χ3n) is 5.02. The Hall–Kier alpha value is -0.150. The smallest absolute Gasteiger partial charge is 0.115 e. The zero-order valence-electron chi connectivity index (χ0n) is 10.2. The van der Waals surface area contributed by atoms with Crippen molar-refractivity contribution in [1.82, 2.24) is 10.2 Å². The Bertz CT molecular complexity index is 271. The first kappa shape index (κ1) is 11.0. The first-order valence-corrected chi connectivity index (χ1v) is 6.81. The Labute approximate surface area is 97.6 Å². The van der Waals surface area contributed by atoms with Crippen molar-refractivity contribution >= 4 is 0 Å². The minimum absolute atomic E-state index is 0.161. The van der Waals surface area contributed by atoms with Gasteiger partial charge in [-0.3, -0.25) is 4.90 Å². The van der Waals surface area contributed by atoms with Crippen LogP contribution in [-0.4, -0.2) is 42.8 Å². The highest BCUT2D eigenvalue weighted by Gasteiger charge is 2.56. The van der Waals surface area contributed by atoms with Crippen molar-refractivity contribution in [3.8, 4) is 0 Å². The fourth-order valence-electron chi connectivity index (χ4n) is 4.59. The van der Waals surface area contributed by atoms with Crippen LogP contribution in [0, 0.1) is 5.92 Å². The Morgan fingerprint density at radius 3 is 2.94 bits per heavy atom. The third kappa shape index (κ3) is 1.52. The van der Waals surface area contributed by atoms with Gasteiger partial charge in [0.2, 0.25) is 0 Å². The summed E-state index contributed by atoms with van der Waals surface area (Å²) in [7, 11) is 2.00. The molecule has 0 bridgehead atoms. The lowest BCUT2D eigenvalue weighted by atomic mass is 9.81. The van der Waals surface area contributed by atoms with Crippen LogP contribution < -0.4 is 5.32 Å². The summed E-state index contributed by atoms with van der Waals surface area (Å²) in [5.74, 6) is 0.856. The first-order valence-electron chi connectivity index (χ1n) is 6.81. The topological polar surface area (TPSA) is 15.3 Å². The lowest BCUT2D eigenvalue weighted by Crippen LogP contribution is -2.48. The SMILES string of the molecule is CNC[C@@]12C[C@@H](F)CN1[C@@H]1CCCC[C@@H]1C2. The van der Waals surface area contributed by atoms with E-state index in [1.807, 2.05) is 7.05 Å². The van der Waals surface area contributed by atoms with Crippen molar-refractivity contribution in [1.29, 1.82) is 0 Å². The molecule has 0 aromatic carbocycles. The minimum atomic E-state index is -0.587. The van der Waals surface area contributed by atoms with E-state index in [-0.39, 0.29) is 5.54 Å². The van der Waals surface area contributed by atoms with Crippen LogP contribution in [0.25, 0.3) is 0 Å². The van der Waals surface area contributed by atoms with E-state index in [0.29, 0.717) is 12.6 Å². The van der Waals surface area contributed by atoms with E-state index in [1.54, 1.807) is 0 Å². The molecule has 1 aliphatic carbocycles. The zero-order chi connectivity index (χ0) is 11.2. The Kier molecular flexibility index (Phi) is 2.71. The van der Waals surface area contributed by atoms with Gasteiger partial charge in [-0.15, -0.1) is 0 Å². The van der Waals surface area contributed by atoms with E-state index in [0.717, 1.165) is 18.9 Å². The van der Waals surface area contributed by atoms with Crippen LogP contribution in [0.3, 0.4) is 0 Å². The van der Waals surface area contributed by atoms with E-state index in [1.165, 1.54) is 32.1 Å². The van der Waals surface area contributed by atoms with Crippen LogP contribution in [-0.2, 0) is 0 Å². The predicted octanol–water partition coefficient (Wildman–Crippen LogP) is 1.95. The van der Waals surface area contributed by atoms with Gasteiger partial charge in [-0.25, -0.2) is 4.39 Å². The fourth-order valence-corrected chi connectivity index (χ4v) is 4.59. The summed E-state index contributed by atoms with van der Waals surface area (Å²) in [4.78, 5) is 2.53. The van der Waals surface area contributed by atoms with Crippen LogP contribution >= 0.6 is 0 Å². The number of nitrogens with zero attached hydrogens (tertiary/aromatic N) is 1. The van der Waals surface area contributed by atoms with Gasteiger partial charge in [-0.05, 0) is 38.6 Å². The second kappa shape index (κ2) is 3.95. The monoisotopic (exact) mass is 226 g/mol. The predicted molar refractivity (Wildman–Crippen MR) is 63.2 cm³/mol. The molecule has 3 aliphatic rings. The number of fused-ring (bicyclic) bond motifs is 3. The molecule has 92 valence electrons. The Morgan fingerprint density at radius 2 is 2.12 bits per heavy atom. The van der Waals surface area contributed by atoms with Crippen LogP contribution in [0.15, 0.2) is 0 Å². The van der Waals surface area contributed by atoms with Gasteiger partial charge in [-0.2, -0.15) is 0 Å². The molecule has 1 saturated carbocycles. The molecule has 4 atom stereocenters. The summed E-state index contributed by atoms with van der Waals surface area (Å²) in [6.07, 6.45) is 6.84. The second-order valence-corrected chi connectivity index (χ2v) is 6.02. The Morgan fingerprint density at radius 1 is 1.31 bits per heavy atom. The van der Waals surface area contributed by atoms with E-state index >= 15 is 0 Å². The summed E-state index contributed by atoms with van der Waals surface area (Å²) in [6.45, 7) is 1.67. The maximum atomic E-state index is 13.7. The number of likely N-dealkylation sites (N-methyl/N-ethyl adjacent to an activating group) is 1. The second-order valence-electron chi connectivity index (χ2n) is 6.02. The maximum Gasteiger partial charge on any atom is 0.115 e. The van der Waals surface area contributed by atoms with Crippen molar-refractivity contribution < 1.29 is 4.39 Å². The van der Waals surface area contributed by atoms with Crippen LogP contribution in [0.5, 0.6) is 0 Å². The van der Waals surface area contributed by atoms with Crippen molar-refractivity contribution in [2.75, 3.05) is 20.1 Å². The van der Waals surface area contributed by atoms with Gasteiger partial charge < -0.3 is 5.32 Å². The zero-order valence-corrected chi connectivity index (χ0v) is 10.2. The molecule has 0 aromatic heterocycles. The van der Waals surface area contributed by atoms with Gasteiger partial charge in [0, 0.05) is 24.7 Å². The molecule has 3 heteroatoms. The summed E-state index contributed by atoms with van der Waals surface area (Å²) < 4.78 is 13.7. The average molecular weight is 226 g/mol. The van der Waals surface area contributed by atoms with Gasteiger partial charge in [0.05, 0.1) is 0 Å². The molecule has 0 spiro atoms. The number of hydrogen-bond donors (Lipinski definition) is 1. The highest BCUT2D eigenvalue weighted by atomic mass is 19.1. The molecule has 2 aliphatic heterocycles. The largest absolute Gasteiger partial charge is 0.318 e. The van der Waals surface area contributed by atoms with Crippen molar-refractivity contribution in [2.24, 2.45) is 5.92 Å². The third-order valence-corrected chi connectivity index (χ3v) is 5.02. The molecule has 2 saturated heterocycles. The van der Waals surface area contributed by atoms with Gasteiger partial charge in [0.25, 0.3) is 0 Å². The number of rotatable bonds is 2. The van der Waals surface area contributed by atoms with E-state index in [9.17, 15) is 4.39 Å². The van der Waals surface area contributed by atoms with E-state index < -0.39 is 6.17 Å². The summed E-state index contributed by atoms with van der Waals surface area (Å²) in [5.41, 5.74) is 0.161. The van der Waals surface area contributed by atoms with Crippen LogP contribution in [0.2, 0.25) is 0 Å². The molecule has 3 rings (SSSR count). The van der Waals surface area contributed by atoms with E-state index in [2.05, 4.69) is 10.2 Å². The highest BCUT2D eigenvalue weighted by molar-refractivity contribution is 5.11. The molecule has 2 heterocycles. The first-order chi connectivity index (χ1) is 7.75. The average Bonchev–Trinajstić information content (AvgIpc) is 2.69. The molecule has 2 nitrogen and oxygen atoms in total. The van der Waals surface area contributed by atoms with Gasteiger partial charge >= 0.3 is 0 Å². The molecule has 3 fully saturated rings. The number of halogens is 1. The quantitative estimate of drug-likeness (QED) is 0.774. The van der Waals surface area contributed by atoms with Gasteiger partial charge in [-0.1, -0.05) is 12.8 Å². The summed E-state index contributed by atoms with van der Waals surface area (Å²) in [6, 6.07) is 0.697. The lowest BCUT2D eigenvalue weighted by Gasteiger charge is -2.35.